The van der Waals surface area contributed by atoms with Gasteiger partial charge in [0, 0.05) is 23.1 Å². The van der Waals surface area contributed by atoms with E-state index < -0.39 is 28.5 Å². The van der Waals surface area contributed by atoms with Crippen LogP contribution in [0.1, 0.15) is 24.5 Å². The summed E-state index contributed by atoms with van der Waals surface area (Å²) >= 11 is 2.15. The summed E-state index contributed by atoms with van der Waals surface area (Å²) in [6, 6.07) is 33.1. The number of benzene rings is 4. The summed E-state index contributed by atoms with van der Waals surface area (Å²) < 4.78 is 29.9. The van der Waals surface area contributed by atoms with Crippen molar-refractivity contribution in [1.29, 1.82) is 0 Å². The van der Waals surface area contributed by atoms with Crippen molar-refractivity contribution in [3.05, 3.63) is 130 Å². The molecule has 0 heterocycles. The van der Waals surface area contributed by atoms with Crippen LogP contribution in [0.4, 0.5) is 5.69 Å². The number of carbonyl (C=O) groups is 2. The molecule has 0 aliphatic heterocycles. The number of hydrogen-bond donors (Lipinski definition) is 1. The molecule has 4 aromatic rings. The van der Waals surface area contributed by atoms with Crippen molar-refractivity contribution in [2.45, 2.75) is 37.2 Å². The molecule has 0 saturated carbocycles. The molecule has 0 aliphatic rings. The van der Waals surface area contributed by atoms with Gasteiger partial charge < -0.3 is 10.2 Å². The maximum absolute atomic E-state index is 14.3. The van der Waals surface area contributed by atoms with Gasteiger partial charge in [-0.2, -0.15) is 0 Å². The van der Waals surface area contributed by atoms with E-state index in [1.54, 1.807) is 42.5 Å². The third kappa shape index (κ3) is 8.19. The molecule has 0 saturated heterocycles. The lowest BCUT2D eigenvalue weighted by Gasteiger charge is -2.34. The van der Waals surface area contributed by atoms with Crippen molar-refractivity contribution < 1.29 is 18.0 Å². The van der Waals surface area contributed by atoms with Gasteiger partial charge in [0.05, 0.1) is 10.6 Å². The molecule has 0 radical (unpaired) electrons. The minimum Gasteiger partial charge on any atom is -0.354 e. The maximum Gasteiger partial charge on any atom is 0.264 e. The fourth-order valence-electron chi connectivity index (χ4n) is 4.56. The van der Waals surface area contributed by atoms with E-state index in [4.69, 9.17) is 0 Å². The summed E-state index contributed by atoms with van der Waals surface area (Å²) in [4.78, 5) is 29.5. The number of carbonyl (C=O) groups excluding carboxylic acids is 2. The van der Waals surface area contributed by atoms with Gasteiger partial charge in [-0.25, -0.2) is 8.42 Å². The lowest BCUT2D eigenvalue weighted by atomic mass is 10.0. The van der Waals surface area contributed by atoms with Gasteiger partial charge in [-0.15, -0.1) is 0 Å². The fraction of sp³-hybridized carbons (Fsp3) is 0.212. The zero-order chi connectivity index (χ0) is 30.0. The lowest BCUT2D eigenvalue weighted by Crippen LogP contribution is -2.53. The first-order valence-electron chi connectivity index (χ1n) is 13.8. The highest BCUT2D eigenvalue weighted by molar-refractivity contribution is 14.1. The van der Waals surface area contributed by atoms with Crippen LogP contribution < -0.4 is 9.62 Å². The summed E-state index contributed by atoms with van der Waals surface area (Å²) in [5.74, 6) is -0.763. The van der Waals surface area contributed by atoms with Crippen molar-refractivity contribution in [1.82, 2.24) is 10.2 Å². The van der Waals surface area contributed by atoms with Gasteiger partial charge in [-0.3, -0.25) is 13.9 Å². The van der Waals surface area contributed by atoms with Gasteiger partial charge in [-0.1, -0.05) is 85.8 Å². The Bertz CT molecular complexity index is 1550. The second-order valence-corrected chi connectivity index (χ2v) is 12.9. The molecule has 0 unspecified atom stereocenters. The molecular weight excluding hydrogens is 661 g/mol. The number of anilines is 1. The summed E-state index contributed by atoms with van der Waals surface area (Å²) in [5.41, 5.74) is 2.09. The van der Waals surface area contributed by atoms with Gasteiger partial charge in [0.2, 0.25) is 11.8 Å². The minimum atomic E-state index is -4.10. The Morgan fingerprint density at radius 3 is 1.90 bits per heavy atom. The van der Waals surface area contributed by atoms with Crippen LogP contribution in [0.25, 0.3) is 0 Å². The van der Waals surface area contributed by atoms with Gasteiger partial charge in [0.1, 0.15) is 12.6 Å². The lowest BCUT2D eigenvalue weighted by molar-refractivity contribution is -0.140. The standard InChI is InChI=1S/C33H34IN3O4S/c1-2-22-35-33(39)31(23-26-12-6-3-7-13-26)36(24-27-14-8-4-9-15-27)32(38)25-37(29-20-18-28(34)19-21-29)42(40,41)30-16-10-5-11-17-30/h3-21,31H,2,22-25H2,1H3,(H,35,39)/t31-/m0/s1. The maximum atomic E-state index is 14.3. The first kappa shape index (κ1) is 31.2. The highest BCUT2D eigenvalue weighted by atomic mass is 127. The molecule has 0 bridgehead atoms. The van der Waals surface area contributed by atoms with Crippen LogP contribution in [0, 0.1) is 3.57 Å². The molecular formula is C33H34IN3O4S. The third-order valence-corrected chi connectivity index (χ3v) is 9.25. The van der Waals surface area contributed by atoms with Crippen LogP contribution in [0.3, 0.4) is 0 Å². The van der Waals surface area contributed by atoms with Gasteiger partial charge in [0.25, 0.3) is 10.0 Å². The summed E-state index contributed by atoms with van der Waals surface area (Å²) in [7, 11) is -4.10. The van der Waals surface area contributed by atoms with Crippen molar-refractivity contribution in [2.24, 2.45) is 0 Å². The van der Waals surface area contributed by atoms with Crippen LogP contribution in [-0.2, 0) is 32.6 Å². The number of sulfonamides is 1. The van der Waals surface area contributed by atoms with Crippen LogP contribution in [0.5, 0.6) is 0 Å². The largest absolute Gasteiger partial charge is 0.354 e. The monoisotopic (exact) mass is 695 g/mol. The van der Waals surface area contributed by atoms with Crippen molar-refractivity contribution in [3.63, 3.8) is 0 Å². The van der Waals surface area contributed by atoms with Crippen molar-refractivity contribution in [3.8, 4) is 0 Å². The molecule has 4 rings (SSSR count). The molecule has 42 heavy (non-hydrogen) atoms. The molecule has 218 valence electrons. The van der Waals surface area contributed by atoms with E-state index in [-0.39, 0.29) is 23.8 Å². The second kappa shape index (κ2) is 15.0. The molecule has 0 aliphatic carbocycles. The smallest absolute Gasteiger partial charge is 0.264 e. The van der Waals surface area contributed by atoms with E-state index in [2.05, 4.69) is 27.9 Å². The fourth-order valence-corrected chi connectivity index (χ4v) is 6.35. The number of amides is 2. The van der Waals surface area contributed by atoms with Gasteiger partial charge in [0.15, 0.2) is 0 Å². The number of nitrogens with one attached hydrogen (secondary N) is 1. The van der Waals surface area contributed by atoms with E-state index >= 15 is 0 Å². The summed E-state index contributed by atoms with van der Waals surface area (Å²) in [5, 5.41) is 2.96. The van der Waals surface area contributed by atoms with Crippen molar-refractivity contribution in [2.75, 3.05) is 17.4 Å². The van der Waals surface area contributed by atoms with E-state index in [1.807, 2.05) is 67.6 Å². The Balaban J connectivity index is 1.77. The number of halogens is 1. The van der Waals surface area contributed by atoms with Crippen LogP contribution >= 0.6 is 22.6 Å². The van der Waals surface area contributed by atoms with Gasteiger partial charge in [-0.05, 0) is 76.5 Å². The second-order valence-electron chi connectivity index (χ2n) is 9.80. The molecule has 2 amide bonds. The van der Waals surface area contributed by atoms with E-state index in [9.17, 15) is 18.0 Å². The van der Waals surface area contributed by atoms with Crippen LogP contribution in [0.15, 0.2) is 120 Å². The Morgan fingerprint density at radius 2 is 1.33 bits per heavy atom. The Labute approximate surface area is 261 Å². The van der Waals surface area contributed by atoms with E-state index in [0.717, 1.165) is 25.4 Å². The van der Waals surface area contributed by atoms with Crippen LogP contribution in [-0.4, -0.2) is 44.3 Å². The number of nitrogens with zero attached hydrogens (tertiary/aromatic N) is 2. The third-order valence-electron chi connectivity index (χ3n) is 6.74. The summed E-state index contributed by atoms with van der Waals surface area (Å²) in [6.07, 6.45) is 1.02. The van der Waals surface area contributed by atoms with E-state index in [0.29, 0.717) is 12.2 Å². The van der Waals surface area contributed by atoms with Crippen LogP contribution in [0.2, 0.25) is 0 Å². The topological polar surface area (TPSA) is 86.8 Å². The highest BCUT2D eigenvalue weighted by Gasteiger charge is 2.34. The SMILES string of the molecule is CCCNC(=O)[C@H](Cc1ccccc1)N(Cc1ccccc1)C(=O)CN(c1ccc(I)cc1)S(=O)(=O)c1ccccc1. The van der Waals surface area contributed by atoms with Gasteiger partial charge >= 0.3 is 0 Å². The Kier molecular flexibility index (Phi) is 11.1. The first-order valence-corrected chi connectivity index (χ1v) is 16.3. The molecule has 1 atom stereocenters. The number of rotatable bonds is 13. The molecule has 9 heteroatoms. The zero-order valence-electron chi connectivity index (χ0n) is 23.4. The average molecular weight is 696 g/mol. The molecule has 0 aromatic heterocycles. The molecule has 1 N–H and O–H groups in total. The zero-order valence-corrected chi connectivity index (χ0v) is 26.4. The normalized spacial score (nSPS) is 11.9. The quantitative estimate of drug-likeness (QED) is 0.183. The van der Waals surface area contributed by atoms with E-state index in [1.165, 1.54) is 17.0 Å². The number of hydrogen-bond acceptors (Lipinski definition) is 4. The first-order chi connectivity index (χ1) is 20.3. The predicted molar refractivity (Wildman–Crippen MR) is 174 cm³/mol. The highest BCUT2D eigenvalue weighted by Crippen LogP contribution is 2.26. The predicted octanol–water partition coefficient (Wildman–Crippen LogP) is 5.65. The molecule has 4 aromatic carbocycles. The summed E-state index contributed by atoms with van der Waals surface area (Å²) in [6.45, 7) is 2.10. The minimum absolute atomic E-state index is 0.0764. The molecule has 0 spiro atoms. The van der Waals surface area contributed by atoms with Crippen molar-refractivity contribution >= 4 is 50.1 Å². The molecule has 0 fully saturated rings. The molecule has 7 nitrogen and oxygen atoms in total. The Hall–Kier alpha value is -3.70. The average Bonchev–Trinajstić information content (AvgIpc) is 3.02. The Morgan fingerprint density at radius 1 is 0.786 bits per heavy atom.